The van der Waals surface area contributed by atoms with Gasteiger partial charge in [0.05, 0.1) is 0 Å². The van der Waals surface area contributed by atoms with Crippen molar-refractivity contribution in [1.29, 1.82) is 0 Å². The van der Waals surface area contributed by atoms with E-state index in [2.05, 4.69) is 16.7 Å². The van der Waals surface area contributed by atoms with Gasteiger partial charge in [-0.1, -0.05) is 13.0 Å². The van der Waals surface area contributed by atoms with Crippen LogP contribution in [0.25, 0.3) is 0 Å². The molecule has 2 amide bonds. The number of thiophene rings is 1. The first-order valence-electron chi connectivity index (χ1n) is 6.29. The molecule has 0 aromatic carbocycles. The lowest BCUT2D eigenvalue weighted by Crippen LogP contribution is -2.50. The Labute approximate surface area is 112 Å². The Morgan fingerprint density at radius 3 is 2.89 bits per heavy atom. The summed E-state index contributed by atoms with van der Waals surface area (Å²) in [6.07, 6.45) is 2.22. The first-order chi connectivity index (χ1) is 8.59. The zero-order valence-corrected chi connectivity index (χ0v) is 11.8. The highest BCUT2D eigenvalue weighted by molar-refractivity contribution is 7.09. The number of urea groups is 1. The molecule has 102 valence electrons. The van der Waals surface area contributed by atoms with Crippen molar-refractivity contribution >= 4 is 17.4 Å². The van der Waals surface area contributed by atoms with Gasteiger partial charge in [-0.3, -0.25) is 0 Å². The van der Waals surface area contributed by atoms with Gasteiger partial charge >= 0.3 is 6.03 Å². The second-order valence-electron chi connectivity index (χ2n) is 4.60. The fourth-order valence-electron chi connectivity index (χ4n) is 1.65. The molecule has 1 heterocycles. The third-order valence-electron chi connectivity index (χ3n) is 3.10. The van der Waals surface area contributed by atoms with Crippen molar-refractivity contribution in [2.24, 2.45) is 0 Å². The van der Waals surface area contributed by atoms with Crippen LogP contribution in [0.4, 0.5) is 4.79 Å². The quantitative estimate of drug-likeness (QED) is 0.711. The Morgan fingerprint density at radius 1 is 1.56 bits per heavy atom. The van der Waals surface area contributed by atoms with Gasteiger partial charge in [-0.05, 0) is 37.6 Å². The topological polar surface area (TPSA) is 61.4 Å². The summed E-state index contributed by atoms with van der Waals surface area (Å²) < 4.78 is 0. The molecule has 0 bridgehead atoms. The fourth-order valence-corrected chi connectivity index (χ4v) is 2.36. The number of nitrogens with one attached hydrogen (secondary N) is 2. The van der Waals surface area contributed by atoms with Crippen molar-refractivity contribution < 1.29 is 9.90 Å². The number of hydrogen-bond donors (Lipinski definition) is 3. The molecule has 1 unspecified atom stereocenters. The minimum Gasteiger partial charge on any atom is -0.396 e. The Hall–Kier alpha value is -1.07. The molecule has 1 atom stereocenters. The number of rotatable bonds is 7. The lowest BCUT2D eigenvalue weighted by atomic mass is 9.95. The minimum atomic E-state index is -0.332. The number of carbonyl (C=O) groups excluding carboxylic acids is 1. The molecule has 0 spiro atoms. The fraction of sp³-hybridized carbons (Fsp3) is 0.615. The standard InChI is InChI=1S/C13H22N2O2S/c1-3-13(2,7-9-16)15-12(17)14-8-6-11-5-4-10-18-11/h4-5,10,16H,3,6-9H2,1-2H3,(H2,14,15,17). The number of aliphatic hydroxyl groups excluding tert-OH is 1. The number of hydrogen-bond acceptors (Lipinski definition) is 3. The third kappa shape index (κ3) is 5.06. The van der Waals surface area contributed by atoms with Crippen LogP contribution in [0, 0.1) is 0 Å². The van der Waals surface area contributed by atoms with Gasteiger partial charge in [0.2, 0.25) is 0 Å². The highest BCUT2D eigenvalue weighted by atomic mass is 32.1. The molecule has 4 nitrogen and oxygen atoms in total. The van der Waals surface area contributed by atoms with E-state index in [0.717, 1.165) is 12.8 Å². The second kappa shape index (κ2) is 7.38. The van der Waals surface area contributed by atoms with Crippen molar-refractivity contribution in [3.63, 3.8) is 0 Å². The summed E-state index contributed by atoms with van der Waals surface area (Å²) in [6, 6.07) is 3.91. The summed E-state index contributed by atoms with van der Waals surface area (Å²) in [5.74, 6) is 0. The molecule has 5 heteroatoms. The molecule has 0 aliphatic heterocycles. The highest BCUT2D eigenvalue weighted by Gasteiger charge is 2.23. The Morgan fingerprint density at radius 2 is 2.33 bits per heavy atom. The van der Waals surface area contributed by atoms with Gasteiger partial charge in [-0.15, -0.1) is 11.3 Å². The van der Waals surface area contributed by atoms with Crippen molar-refractivity contribution in [2.45, 2.75) is 38.6 Å². The van der Waals surface area contributed by atoms with Gasteiger partial charge in [-0.2, -0.15) is 0 Å². The van der Waals surface area contributed by atoms with Crippen molar-refractivity contribution in [1.82, 2.24) is 10.6 Å². The average molecular weight is 270 g/mol. The smallest absolute Gasteiger partial charge is 0.315 e. The van der Waals surface area contributed by atoms with E-state index in [0.29, 0.717) is 13.0 Å². The van der Waals surface area contributed by atoms with Gasteiger partial charge in [0.25, 0.3) is 0 Å². The Bertz CT molecular complexity index is 354. The molecular weight excluding hydrogens is 248 g/mol. The highest BCUT2D eigenvalue weighted by Crippen LogP contribution is 2.13. The van der Waals surface area contributed by atoms with Crippen LogP contribution in [-0.2, 0) is 6.42 Å². The first-order valence-corrected chi connectivity index (χ1v) is 7.17. The number of aliphatic hydroxyl groups is 1. The number of carbonyl (C=O) groups is 1. The van der Waals surface area contributed by atoms with E-state index >= 15 is 0 Å². The first kappa shape index (κ1) is 15.0. The SMILES string of the molecule is CCC(C)(CCO)NC(=O)NCCc1cccs1. The zero-order chi connectivity index (χ0) is 13.4. The van der Waals surface area contributed by atoms with Crippen molar-refractivity contribution in [3.05, 3.63) is 22.4 Å². The van der Waals surface area contributed by atoms with Gasteiger partial charge in [0.1, 0.15) is 0 Å². The summed E-state index contributed by atoms with van der Waals surface area (Å²) >= 11 is 1.70. The third-order valence-corrected chi connectivity index (χ3v) is 4.03. The normalized spacial score (nSPS) is 13.9. The average Bonchev–Trinajstić information content (AvgIpc) is 2.82. The summed E-state index contributed by atoms with van der Waals surface area (Å²) in [7, 11) is 0. The molecule has 3 N–H and O–H groups in total. The van der Waals surface area contributed by atoms with E-state index in [1.54, 1.807) is 11.3 Å². The van der Waals surface area contributed by atoms with Gasteiger partial charge in [-0.25, -0.2) is 4.79 Å². The summed E-state index contributed by atoms with van der Waals surface area (Å²) in [6.45, 7) is 4.66. The molecule has 0 saturated heterocycles. The van der Waals surface area contributed by atoms with E-state index in [4.69, 9.17) is 5.11 Å². The maximum absolute atomic E-state index is 11.7. The van der Waals surface area contributed by atoms with E-state index in [1.165, 1.54) is 4.88 Å². The predicted octanol–water partition coefficient (Wildman–Crippen LogP) is 2.14. The van der Waals surface area contributed by atoms with E-state index in [-0.39, 0.29) is 18.2 Å². The van der Waals surface area contributed by atoms with E-state index in [1.807, 2.05) is 25.3 Å². The van der Waals surface area contributed by atoms with E-state index in [9.17, 15) is 4.79 Å². The van der Waals surface area contributed by atoms with Crippen LogP contribution >= 0.6 is 11.3 Å². The van der Waals surface area contributed by atoms with Gasteiger partial charge < -0.3 is 15.7 Å². The molecule has 1 rings (SSSR count). The molecule has 0 radical (unpaired) electrons. The van der Waals surface area contributed by atoms with Crippen LogP contribution in [0.1, 0.15) is 31.6 Å². The van der Waals surface area contributed by atoms with Crippen LogP contribution in [0.15, 0.2) is 17.5 Å². The maximum atomic E-state index is 11.7. The Balaban J connectivity index is 2.28. The van der Waals surface area contributed by atoms with Crippen LogP contribution in [0.5, 0.6) is 0 Å². The van der Waals surface area contributed by atoms with E-state index < -0.39 is 0 Å². The summed E-state index contributed by atoms with van der Waals surface area (Å²) in [5.41, 5.74) is -0.332. The minimum absolute atomic E-state index is 0.0832. The largest absolute Gasteiger partial charge is 0.396 e. The molecule has 18 heavy (non-hydrogen) atoms. The lowest BCUT2D eigenvalue weighted by Gasteiger charge is -2.28. The Kier molecular flexibility index (Phi) is 6.15. The molecule has 1 aromatic heterocycles. The second-order valence-corrected chi connectivity index (χ2v) is 5.63. The molecule has 0 aliphatic carbocycles. The molecule has 0 aliphatic rings. The molecule has 0 fully saturated rings. The van der Waals surface area contributed by atoms with Gasteiger partial charge in [0.15, 0.2) is 0 Å². The van der Waals surface area contributed by atoms with Crippen LogP contribution in [-0.4, -0.2) is 29.8 Å². The maximum Gasteiger partial charge on any atom is 0.315 e. The van der Waals surface area contributed by atoms with Crippen LogP contribution in [0.2, 0.25) is 0 Å². The predicted molar refractivity (Wildman–Crippen MR) is 75.0 cm³/mol. The molecule has 1 aromatic rings. The molecule has 0 saturated carbocycles. The van der Waals surface area contributed by atoms with Gasteiger partial charge in [0, 0.05) is 23.6 Å². The van der Waals surface area contributed by atoms with Crippen molar-refractivity contribution in [2.75, 3.05) is 13.2 Å². The summed E-state index contributed by atoms with van der Waals surface area (Å²) in [5, 5.41) is 16.8. The zero-order valence-electron chi connectivity index (χ0n) is 11.0. The van der Waals surface area contributed by atoms with Crippen LogP contribution in [0.3, 0.4) is 0 Å². The van der Waals surface area contributed by atoms with Crippen LogP contribution < -0.4 is 10.6 Å². The van der Waals surface area contributed by atoms with Crippen molar-refractivity contribution in [3.8, 4) is 0 Å². The lowest BCUT2D eigenvalue weighted by molar-refractivity contribution is 0.201. The summed E-state index contributed by atoms with van der Waals surface area (Å²) in [4.78, 5) is 13.0. The number of amides is 2. The molecular formula is C13H22N2O2S. The monoisotopic (exact) mass is 270 g/mol.